The molecule has 96 valence electrons. The molecule has 18 heavy (non-hydrogen) atoms. The van der Waals surface area contributed by atoms with E-state index in [4.69, 9.17) is 4.74 Å². The summed E-state index contributed by atoms with van der Waals surface area (Å²) in [6.07, 6.45) is 0. The van der Waals surface area contributed by atoms with Crippen LogP contribution in [-0.4, -0.2) is 11.2 Å². The molecule has 0 amide bonds. The number of nitrogens with zero attached hydrogens (tertiary/aromatic N) is 1. The van der Waals surface area contributed by atoms with Gasteiger partial charge in [0.1, 0.15) is 5.82 Å². The first-order valence-corrected chi connectivity index (χ1v) is 6.37. The van der Waals surface area contributed by atoms with Gasteiger partial charge >= 0.3 is 0 Å². The highest BCUT2D eigenvalue weighted by Gasteiger charge is 2.27. The van der Waals surface area contributed by atoms with Crippen molar-refractivity contribution in [1.82, 2.24) is 4.57 Å². The largest absolute Gasteiger partial charge is 0.373 e. The van der Waals surface area contributed by atoms with E-state index in [0.717, 1.165) is 24.1 Å². The molecule has 0 spiro atoms. The smallest absolute Gasteiger partial charge is 0.123 e. The average Bonchev–Trinajstić information content (AvgIpc) is 2.61. The number of ether oxygens (including phenoxy) is 1. The molecule has 0 aliphatic carbocycles. The molecule has 2 heterocycles. The number of fused-ring (bicyclic) bond motifs is 3. The second-order valence-electron chi connectivity index (χ2n) is 5.94. The quantitative estimate of drug-likeness (QED) is 0.693. The number of halogens is 1. The Balaban J connectivity index is 2.41. The molecule has 0 saturated heterocycles. The van der Waals surface area contributed by atoms with Crippen molar-refractivity contribution in [2.75, 3.05) is 6.61 Å². The van der Waals surface area contributed by atoms with E-state index in [0.29, 0.717) is 6.61 Å². The maximum absolute atomic E-state index is 13.5. The fourth-order valence-electron chi connectivity index (χ4n) is 2.95. The fraction of sp³-hybridized carbons (Fsp3) is 0.467. The lowest BCUT2D eigenvalue weighted by molar-refractivity contribution is 0.0850. The summed E-state index contributed by atoms with van der Waals surface area (Å²) in [7, 11) is 0. The van der Waals surface area contributed by atoms with Gasteiger partial charge in [0.05, 0.1) is 13.2 Å². The van der Waals surface area contributed by atoms with Crippen molar-refractivity contribution in [2.45, 2.75) is 39.3 Å². The first kappa shape index (κ1) is 11.7. The molecule has 0 atom stereocenters. The van der Waals surface area contributed by atoms with Crippen molar-refractivity contribution >= 4 is 10.9 Å². The molecule has 1 aliphatic heterocycles. The van der Waals surface area contributed by atoms with Gasteiger partial charge in [0, 0.05) is 23.1 Å². The first-order valence-electron chi connectivity index (χ1n) is 6.37. The van der Waals surface area contributed by atoms with Crippen molar-refractivity contribution in [2.24, 2.45) is 0 Å². The Bertz CT molecular complexity index is 607. The summed E-state index contributed by atoms with van der Waals surface area (Å²) in [5.41, 5.74) is 3.54. The fourth-order valence-corrected chi connectivity index (χ4v) is 2.95. The Morgan fingerprint density at radius 3 is 2.78 bits per heavy atom. The van der Waals surface area contributed by atoms with Crippen LogP contribution in [-0.2, 0) is 23.3 Å². The second-order valence-corrected chi connectivity index (χ2v) is 5.94. The Labute approximate surface area is 106 Å². The monoisotopic (exact) mass is 247 g/mol. The molecule has 1 aliphatic rings. The van der Waals surface area contributed by atoms with Crippen LogP contribution in [0.15, 0.2) is 18.2 Å². The highest BCUT2D eigenvalue weighted by atomic mass is 19.1. The minimum Gasteiger partial charge on any atom is -0.373 e. The Morgan fingerprint density at radius 1 is 1.28 bits per heavy atom. The van der Waals surface area contributed by atoms with E-state index in [1.54, 1.807) is 6.07 Å². The molecule has 2 aromatic rings. The summed E-state index contributed by atoms with van der Waals surface area (Å²) in [6.45, 7) is 8.72. The van der Waals surface area contributed by atoms with Gasteiger partial charge in [0.2, 0.25) is 0 Å². The number of benzene rings is 1. The topological polar surface area (TPSA) is 14.2 Å². The van der Waals surface area contributed by atoms with Crippen molar-refractivity contribution in [3.8, 4) is 0 Å². The van der Waals surface area contributed by atoms with Crippen molar-refractivity contribution in [3.05, 3.63) is 35.3 Å². The van der Waals surface area contributed by atoms with Gasteiger partial charge in [-0.05, 0) is 29.2 Å². The molecule has 3 heteroatoms. The van der Waals surface area contributed by atoms with Gasteiger partial charge < -0.3 is 9.30 Å². The molecule has 0 N–H and O–H groups in total. The minimum atomic E-state index is -0.170. The highest BCUT2D eigenvalue weighted by molar-refractivity contribution is 5.87. The zero-order valence-electron chi connectivity index (χ0n) is 11.1. The number of hydrogen-bond donors (Lipinski definition) is 0. The van der Waals surface area contributed by atoms with Crippen LogP contribution in [0.4, 0.5) is 4.39 Å². The predicted molar refractivity (Wildman–Crippen MR) is 70.3 cm³/mol. The number of rotatable bonds is 0. The predicted octanol–water partition coefficient (Wildman–Crippen LogP) is 3.61. The zero-order valence-corrected chi connectivity index (χ0v) is 11.1. The van der Waals surface area contributed by atoms with Crippen LogP contribution >= 0.6 is 0 Å². The van der Waals surface area contributed by atoms with Crippen LogP contribution in [0.25, 0.3) is 10.9 Å². The van der Waals surface area contributed by atoms with Crippen LogP contribution in [0.3, 0.4) is 0 Å². The van der Waals surface area contributed by atoms with Gasteiger partial charge in [-0.3, -0.25) is 0 Å². The lowest BCUT2D eigenvalue weighted by Crippen LogP contribution is -2.20. The van der Waals surface area contributed by atoms with Crippen LogP contribution in [0.2, 0.25) is 0 Å². The van der Waals surface area contributed by atoms with E-state index < -0.39 is 0 Å². The Kier molecular flexibility index (Phi) is 2.49. The Hall–Kier alpha value is -1.35. The molecule has 0 saturated carbocycles. The molecule has 0 unspecified atom stereocenters. The van der Waals surface area contributed by atoms with E-state index in [1.165, 1.54) is 17.3 Å². The molecular weight excluding hydrogens is 229 g/mol. The standard InChI is InChI=1S/C15H18FNO/c1-15(2,3)14-11-8-10(16)4-5-12(11)17-6-7-18-9-13(14)17/h4-5,8H,6-7,9H2,1-3H3. The van der Waals surface area contributed by atoms with E-state index in [9.17, 15) is 4.39 Å². The van der Waals surface area contributed by atoms with Gasteiger partial charge in [0.15, 0.2) is 0 Å². The Morgan fingerprint density at radius 2 is 2.06 bits per heavy atom. The molecule has 3 rings (SSSR count). The van der Waals surface area contributed by atoms with E-state index in [1.807, 2.05) is 6.07 Å². The third-order valence-electron chi connectivity index (χ3n) is 3.58. The van der Waals surface area contributed by atoms with Gasteiger partial charge in [-0.15, -0.1) is 0 Å². The molecule has 0 radical (unpaired) electrons. The molecule has 0 fully saturated rings. The van der Waals surface area contributed by atoms with E-state index in [-0.39, 0.29) is 11.2 Å². The second kappa shape index (κ2) is 3.82. The maximum Gasteiger partial charge on any atom is 0.123 e. The molecule has 0 bridgehead atoms. The van der Waals surface area contributed by atoms with Crippen LogP contribution in [0.1, 0.15) is 32.0 Å². The molecular formula is C15H18FNO. The summed E-state index contributed by atoms with van der Waals surface area (Å²) in [6, 6.07) is 5.08. The molecule has 1 aromatic carbocycles. The summed E-state index contributed by atoms with van der Waals surface area (Å²) in [4.78, 5) is 0. The zero-order chi connectivity index (χ0) is 12.9. The first-order chi connectivity index (χ1) is 8.48. The molecule has 1 aromatic heterocycles. The van der Waals surface area contributed by atoms with Crippen molar-refractivity contribution in [3.63, 3.8) is 0 Å². The summed E-state index contributed by atoms with van der Waals surface area (Å²) in [5, 5.41) is 1.03. The maximum atomic E-state index is 13.5. The van der Waals surface area contributed by atoms with Crippen LogP contribution < -0.4 is 0 Å². The van der Waals surface area contributed by atoms with E-state index >= 15 is 0 Å². The van der Waals surface area contributed by atoms with Gasteiger partial charge in [0.25, 0.3) is 0 Å². The van der Waals surface area contributed by atoms with E-state index in [2.05, 4.69) is 25.3 Å². The lowest BCUT2D eigenvalue weighted by atomic mass is 9.84. The number of hydrogen-bond acceptors (Lipinski definition) is 1. The van der Waals surface area contributed by atoms with Crippen molar-refractivity contribution in [1.29, 1.82) is 0 Å². The third kappa shape index (κ3) is 1.65. The van der Waals surface area contributed by atoms with Gasteiger partial charge in [-0.25, -0.2) is 4.39 Å². The lowest BCUT2D eigenvalue weighted by Gasteiger charge is -2.24. The third-order valence-corrected chi connectivity index (χ3v) is 3.58. The van der Waals surface area contributed by atoms with Crippen molar-refractivity contribution < 1.29 is 9.13 Å². The SMILES string of the molecule is CC(C)(C)c1c2n(c3ccc(F)cc13)CCOC2. The van der Waals surface area contributed by atoms with Gasteiger partial charge in [-0.1, -0.05) is 20.8 Å². The summed E-state index contributed by atoms with van der Waals surface area (Å²) in [5.74, 6) is -0.170. The highest BCUT2D eigenvalue weighted by Crippen LogP contribution is 2.37. The van der Waals surface area contributed by atoms with Crippen LogP contribution in [0, 0.1) is 5.82 Å². The normalized spacial score (nSPS) is 16.0. The summed E-state index contributed by atoms with van der Waals surface area (Å²) >= 11 is 0. The minimum absolute atomic E-state index is 0.00662. The molecule has 2 nitrogen and oxygen atoms in total. The van der Waals surface area contributed by atoms with Gasteiger partial charge in [-0.2, -0.15) is 0 Å². The van der Waals surface area contributed by atoms with Crippen LogP contribution in [0.5, 0.6) is 0 Å². The summed E-state index contributed by atoms with van der Waals surface area (Å²) < 4.78 is 21.4. The number of aromatic nitrogens is 1. The average molecular weight is 247 g/mol.